The Bertz CT molecular complexity index is 652. The molecule has 2 nitrogen and oxygen atoms in total. The van der Waals surface area contributed by atoms with Gasteiger partial charge >= 0.3 is 5.97 Å². The molecule has 1 atom stereocenters. The zero-order chi connectivity index (χ0) is 21.7. The average Bonchev–Trinajstić information content (AvgIpc) is 2.76. The van der Waals surface area contributed by atoms with Crippen LogP contribution < -0.4 is 0 Å². The van der Waals surface area contributed by atoms with Crippen LogP contribution in [-0.4, -0.2) is 11.1 Å². The van der Waals surface area contributed by atoms with Crippen molar-refractivity contribution in [3.8, 4) is 0 Å². The summed E-state index contributed by atoms with van der Waals surface area (Å²) in [5.41, 5.74) is 1.21. The third kappa shape index (κ3) is 14.6. The minimum Gasteiger partial charge on any atom is -0.481 e. The molecular weight excluding hydrogens is 368 g/mol. The molecule has 30 heavy (non-hydrogen) atoms. The van der Waals surface area contributed by atoms with Crippen molar-refractivity contribution in [1.82, 2.24) is 0 Å². The van der Waals surface area contributed by atoms with E-state index in [9.17, 15) is 9.90 Å². The van der Waals surface area contributed by atoms with Gasteiger partial charge in [0.15, 0.2) is 0 Å². The van der Waals surface area contributed by atoms with E-state index in [4.69, 9.17) is 0 Å². The van der Waals surface area contributed by atoms with Crippen LogP contribution in [0.1, 0.15) is 76.7 Å². The van der Waals surface area contributed by atoms with E-state index in [1.807, 2.05) is 18.2 Å². The molecular formula is C28H40O2. The first-order valence-electron chi connectivity index (χ1n) is 11.6. The van der Waals surface area contributed by atoms with Crippen LogP contribution >= 0.6 is 0 Å². The van der Waals surface area contributed by atoms with Gasteiger partial charge in [0.25, 0.3) is 0 Å². The highest BCUT2D eigenvalue weighted by Crippen LogP contribution is 2.16. The van der Waals surface area contributed by atoms with Crippen molar-refractivity contribution in [2.75, 3.05) is 0 Å². The molecule has 0 aliphatic heterocycles. The molecule has 0 aliphatic rings. The fraction of sp³-hybridized carbons (Fsp3) is 0.464. The molecule has 0 amide bonds. The second-order valence-corrected chi connectivity index (χ2v) is 7.73. The number of aliphatic carboxylic acids is 1. The summed E-state index contributed by atoms with van der Waals surface area (Å²) < 4.78 is 0. The zero-order valence-corrected chi connectivity index (χ0v) is 18.7. The molecule has 164 valence electrons. The lowest BCUT2D eigenvalue weighted by Crippen LogP contribution is -2.14. The molecule has 0 fully saturated rings. The van der Waals surface area contributed by atoms with Gasteiger partial charge in [-0.1, -0.05) is 98.7 Å². The number of benzene rings is 1. The maximum Gasteiger partial charge on any atom is 0.306 e. The molecule has 2 heteroatoms. The van der Waals surface area contributed by atoms with Crippen LogP contribution in [0.3, 0.4) is 0 Å². The quantitative estimate of drug-likeness (QED) is 0.209. The fourth-order valence-electron chi connectivity index (χ4n) is 3.24. The first kappa shape index (κ1) is 25.7. The molecule has 1 N–H and O–H groups in total. The van der Waals surface area contributed by atoms with Crippen molar-refractivity contribution >= 4 is 5.97 Å². The fourth-order valence-corrected chi connectivity index (χ4v) is 3.24. The van der Waals surface area contributed by atoms with Crippen molar-refractivity contribution in [2.45, 2.75) is 77.6 Å². The largest absolute Gasteiger partial charge is 0.481 e. The van der Waals surface area contributed by atoms with E-state index >= 15 is 0 Å². The maximum absolute atomic E-state index is 11.5. The molecule has 0 spiro atoms. The number of carbonyl (C=O) groups is 1. The van der Waals surface area contributed by atoms with Crippen molar-refractivity contribution in [1.29, 1.82) is 0 Å². The van der Waals surface area contributed by atoms with Crippen LogP contribution in [0.4, 0.5) is 0 Å². The highest BCUT2D eigenvalue weighted by atomic mass is 16.4. The molecule has 0 saturated heterocycles. The van der Waals surface area contributed by atoms with Gasteiger partial charge < -0.3 is 5.11 Å². The Morgan fingerprint density at radius 1 is 0.800 bits per heavy atom. The number of aryl methyl sites for hydroxylation is 1. The summed E-state index contributed by atoms with van der Waals surface area (Å²) in [5.74, 6) is -0.946. The number of carboxylic acid groups (broad SMARTS) is 1. The van der Waals surface area contributed by atoms with Gasteiger partial charge in [0.2, 0.25) is 0 Å². The normalized spacial score (nSPS) is 13.2. The van der Waals surface area contributed by atoms with Gasteiger partial charge in [0.05, 0.1) is 5.92 Å². The molecule has 0 saturated carbocycles. The van der Waals surface area contributed by atoms with Crippen LogP contribution in [0.15, 0.2) is 78.9 Å². The first-order valence-corrected chi connectivity index (χ1v) is 11.6. The van der Waals surface area contributed by atoms with E-state index in [0.29, 0.717) is 12.8 Å². The van der Waals surface area contributed by atoms with Gasteiger partial charge in [-0.15, -0.1) is 0 Å². The number of rotatable bonds is 17. The summed E-state index contributed by atoms with van der Waals surface area (Å²) in [6.07, 6.45) is 28.7. The topological polar surface area (TPSA) is 37.3 Å². The van der Waals surface area contributed by atoms with Crippen LogP contribution in [-0.2, 0) is 11.2 Å². The SMILES string of the molecule is CCCCCC=CCC=CCC=CCC=CCCC(CCc1ccccc1)C(=O)O. The zero-order valence-electron chi connectivity index (χ0n) is 18.7. The molecule has 1 aromatic carbocycles. The summed E-state index contributed by atoms with van der Waals surface area (Å²) in [7, 11) is 0. The third-order valence-corrected chi connectivity index (χ3v) is 5.11. The monoisotopic (exact) mass is 408 g/mol. The number of hydrogen-bond acceptors (Lipinski definition) is 1. The molecule has 0 aromatic heterocycles. The van der Waals surface area contributed by atoms with E-state index < -0.39 is 5.97 Å². The van der Waals surface area contributed by atoms with E-state index in [2.05, 4.69) is 67.7 Å². The summed E-state index contributed by atoms with van der Waals surface area (Å²) in [4.78, 5) is 11.5. The van der Waals surface area contributed by atoms with Crippen molar-refractivity contribution in [2.24, 2.45) is 5.92 Å². The van der Waals surface area contributed by atoms with Gasteiger partial charge in [-0.05, 0) is 63.4 Å². The second kappa shape index (κ2) is 18.7. The van der Waals surface area contributed by atoms with Gasteiger partial charge in [-0.3, -0.25) is 4.79 Å². The summed E-state index contributed by atoms with van der Waals surface area (Å²) >= 11 is 0. The molecule has 1 unspecified atom stereocenters. The van der Waals surface area contributed by atoms with E-state index in [-0.39, 0.29) is 5.92 Å². The van der Waals surface area contributed by atoms with Crippen molar-refractivity contribution < 1.29 is 9.90 Å². The molecule has 0 bridgehead atoms. The average molecular weight is 409 g/mol. The molecule has 1 aromatic rings. The Labute approximate surface area is 184 Å². The molecule has 0 aliphatic carbocycles. The molecule has 1 rings (SSSR count). The highest BCUT2D eigenvalue weighted by Gasteiger charge is 2.16. The van der Waals surface area contributed by atoms with E-state index in [0.717, 1.165) is 32.1 Å². The smallest absolute Gasteiger partial charge is 0.306 e. The predicted octanol–water partition coefficient (Wildman–Crippen LogP) is 8.08. The lowest BCUT2D eigenvalue weighted by Gasteiger charge is -2.10. The Balaban J connectivity index is 2.09. The lowest BCUT2D eigenvalue weighted by atomic mass is 9.95. The summed E-state index contributed by atoms with van der Waals surface area (Å²) in [6.45, 7) is 2.23. The van der Waals surface area contributed by atoms with E-state index in [1.54, 1.807) is 0 Å². The van der Waals surface area contributed by atoms with E-state index in [1.165, 1.54) is 31.2 Å². The summed E-state index contributed by atoms with van der Waals surface area (Å²) in [6, 6.07) is 10.1. The minimum absolute atomic E-state index is 0.267. The molecule has 0 radical (unpaired) electrons. The maximum atomic E-state index is 11.5. The van der Waals surface area contributed by atoms with Gasteiger partial charge in [-0.25, -0.2) is 0 Å². The van der Waals surface area contributed by atoms with Gasteiger partial charge in [0, 0.05) is 0 Å². The number of carboxylic acids is 1. The minimum atomic E-state index is -0.679. The van der Waals surface area contributed by atoms with Crippen LogP contribution in [0, 0.1) is 5.92 Å². The number of allylic oxidation sites excluding steroid dienone is 8. The number of hydrogen-bond donors (Lipinski definition) is 1. The third-order valence-electron chi connectivity index (χ3n) is 5.11. The summed E-state index contributed by atoms with van der Waals surface area (Å²) in [5, 5.41) is 9.43. The van der Waals surface area contributed by atoms with Crippen molar-refractivity contribution in [3.05, 3.63) is 84.5 Å². The van der Waals surface area contributed by atoms with Crippen molar-refractivity contribution in [3.63, 3.8) is 0 Å². The Hall–Kier alpha value is -2.35. The number of unbranched alkanes of at least 4 members (excludes halogenated alkanes) is 3. The van der Waals surface area contributed by atoms with Gasteiger partial charge in [-0.2, -0.15) is 0 Å². The lowest BCUT2D eigenvalue weighted by molar-refractivity contribution is -0.142. The Kier molecular flexibility index (Phi) is 16.0. The predicted molar refractivity (Wildman–Crippen MR) is 130 cm³/mol. The van der Waals surface area contributed by atoms with Crippen LogP contribution in [0.5, 0.6) is 0 Å². The Morgan fingerprint density at radius 3 is 1.93 bits per heavy atom. The van der Waals surface area contributed by atoms with Crippen LogP contribution in [0.2, 0.25) is 0 Å². The van der Waals surface area contributed by atoms with Crippen LogP contribution in [0.25, 0.3) is 0 Å². The Morgan fingerprint density at radius 2 is 1.37 bits per heavy atom. The first-order chi connectivity index (χ1) is 14.7. The van der Waals surface area contributed by atoms with Gasteiger partial charge in [0.1, 0.15) is 0 Å². The molecule has 0 heterocycles. The standard InChI is InChI=1S/C28H40O2/c1-2-3-4-5-6-7-8-9-10-11-12-13-14-15-16-20-23-27(28(29)30)25-24-26-21-18-17-19-22-26/h6-7,9-10,12-13,15-19,21-22,27H,2-5,8,11,14,20,23-25H2,1H3,(H,29,30). The second-order valence-electron chi connectivity index (χ2n) is 7.73. The highest BCUT2D eigenvalue weighted by molar-refractivity contribution is 5.69.